The van der Waals surface area contributed by atoms with Gasteiger partial charge in [-0.05, 0) is 37.4 Å². The average Bonchev–Trinajstić information content (AvgIpc) is 3.14. The zero-order chi connectivity index (χ0) is 13.2. The number of aromatic nitrogens is 1. The summed E-state index contributed by atoms with van der Waals surface area (Å²) < 4.78 is 25.8. The lowest BCUT2D eigenvalue weighted by Crippen LogP contribution is -2.29. The van der Waals surface area contributed by atoms with Gasteiger partial charge in [0.1, 0.15) is 0 Å². The fourth-order valence-corrected chi connectivity index (χ4v) is 2.95. The van der Waals surface area contributed by atoms with E-state index in [0.29, 0.717) is 19.0 Å². The molecule has 5 nitrogen and oxygen atoms in total. The summed E-state index contributed by atoms with van der Waals surface area (Å²) in [7, 11) is 0.0393. The summed E-state index contributed by atoms with van der Waals surface area (Å²) in [6, 6.07) is 3.37. The van der Waals surface area contributed by atoms with E-state index in [4.69, 9.17) is 0 Å². The molecule has 0 spiro atoms. The summed E-state index contributed by atoms with van der Waals surface area (Å²) in [6.07, 6.45) is 3.87. The summed E-state index contributed by atoms with van der Waals surface area (Å²) in [5.74, 6) is 0.535. The highest BCUT2D eigenvalue weighted by atomic mass is 32.2. The van der Waals surface area contributed by atoms with Crippen LogP contribution in [-0.4, -0.2) is 38.3 Å². The van der Waals surface area contributed by atoms with Crippen LogP contribution in [0, 0.1) is 5.92 Å². The molecule has 6 heteroatoms. The minimum absolute atomic E-state index is 0.130. The van der Waals surface area contributed by atoms with Crippen molar-refractivity contribution >= 4 is 10.0 Å². The number of nitrogens with zero attached hydrogens (tertiary/aromatic N) is 2. The van der Waals surface area contributed by atoms with Gasteiger partial charge in [0.25, 0.3) is 10.0 Å². The van der Waals surface area contributed by atoms with Gasteiger partial charge in [0.15, 0.2) is 5.03 Å². The van der Waals surface area contributed by atoms with Gasteiger partial charge in [-0.3, -0.25) is 0 Å². The summed E-state index contributed by atoms with van der Waals surface area (Å²) >= 11 is 0. The molecule has 1 fully saturated rings. The maximum Gasteiger partial charge on any atom is 0.260 e. The first kappa shape index (κ1) is 13.5. The van der Waals surface area contributed by atoms with Crippen LogP contribution in [0.15, 0.2) is 23.4 Å². The minimum Gasteiger partial charge on any atom is -0.316 e. The summed E-state index contributed by atoms with van der Waals surface area (Å²) in [5.41, 5.74) is 0.973. The number of rotatable bonds is 6. The van der Waals surface area contributed by atoms with Gasteiger partial charge in [-0.2, -0.15) is 4.31 Å². The topological polar surface area (TPSA) is 62.3 Å². The van der Waals surface area contributed by atoms with Crippen LogP contribution >= 0.6 is 0 Å². The second-order valence-electron chi connectivity index (χ2n) is 4.76. The van der Waals surface area contributed by atoms with Crippen LogP contribution in [0.4, 0.5) is 0 Å². The molecule has 1 aromatic heterocycles. The first-order chi connectivity index (χ1) is 8.54. The van der Waals surface area contributed by atoms with Crippen molar-refractivity contribution in [2.24, 2.45) is 5.92 Å². The molecule has 0 saturated heterocycles. The van der Waals surface area contributed by atoms with E-state index >= 15 is 0 Å². The maximum atomic E-state index is 12.2. The normalized spacial score (nSPS) is 16.2. The van der Waals surface area contributed by atoms with E-state index in [9.17, 15) is 8.42 Å². The number of sulfonamides is 1. The van der Waals surface area contributed by atoms with E-state index in [-0.39, 0.29) is 5.03 Å². The fraction of sp³-hybridized carbons (Fsp3) is 0.583. The van der Waals surface area contributed by atoms with E-state index in [0.717, 1.165) is 18.4 Å². The van der Waals surface area contributed by atoms with Crippen LogP contribution in [0.2, 0.25) is 0 Å². The molecule has 2 rings (SSSR count). The highest BCUT2D eigenvalue weighted by Gasteiger charge is 2.29. The van der Waals surface area contributed by atoms with Crippen molar-refractivity contribution in [2.75, 3.05) is 20.6 Å². The minimum atomic E-state index is -3.42. The molecule has 18 heavy (non-hydrogen) atoms. The molecule has 0 amide bonds. The second-order valence-corrected chi connectivity index (χ2v) is 6.76. The van der Waals surface area contributed by atoms with E-state index in [1.807, 2.05) is 7.05 Å². The van der Waals surface area contributed by atoms with Gasteiger partial charge in [-0.25, -0.2) is 13.4 Å². The molecule has 0 aliphatic heterocycles. The lowest BCUT2D eigenvalue weighted by atomic mass is 10.3. The Balaban J connectivity index is 2.12. The van der Waals surface area contributed by atoms with Crippen LogP contribution in [0.3, 0.4) is 0 Å². The molecule has 0 atom stereocenters. The molecule has 0 aromatic carbocycles. The third kappa shape index (κ3) is 3.07. The monoisotopic (exact) mass is 269 g/mol. The summed E-state index contributed by atoms with van der Waals surface area (Å²) in [5, 5.41) is 3.13. The SMILES string of the molecule is CNCc1ccc(S(=O)(=O)N(C)CC2CC2)nc1. The highest BCUT2D eigenvalue weighted by Crippen LogP contribution is 2.30. The second kappa shape index (κ2) is 5.34. The molecular formula is C12H19N3O2S. The molecule has 1 aliphatic carbocycles. The Bertz CT molecular complexity index is 495. The van der Waals surface area contributed by atoms with Crippen LogP contribution in [0.1, 0.15) is 18.4 Å². The van der Waals surface area contributed by atoms with Crippen molar-refractivity contribution in [3.8, 4) is 0 Å². The Labute approximate surface area is 108 Å². The first-order valence-corrected chi connectivity index (χ1v) is 7.54. The highest BCUT2D eigenvalue weighted by molar-refractivity contribution is 7.89. The smallest absolute Gasteiger partial charge is 0.260 e. The van der Waals surface area contributed by atoms with E-state index in [2.05, 4.69) is 10.3 Å². The molecule has 1 aromatic rings. The van der Waals surface area contributed by atoms with Crippen molar-refractivity contribution in [3.05, 3.63) is 23.9 Å². The summed E-state index contributed by atoms with van der Waals surface area (Å²) in [6.45, 7) is 1.29. The van der Waals surface area contributed by atoms with Crippen molar-refractivity contribution in [2.45, 2.75) is 24.4 Å². The van der Waals surface area contributed by atoms with Gasteiger partial charge in [0.2, 0.25) is 0 Å². The third-order valence-corrected chi connectivity index (χ3v) is 4.81. The Morgan fingerprint density at radius 2 is 2.17 bits per heavy atom. The van der Waals surface area contributed by atoms with Gasteiger partial charge in [0.05, 0.1) is 0 Å². The number of hydrogen-bond donors (Lipinski definition) is 1. The van der Waals surface area contributed by atoms with Crippen molar-refractivity contribution < 1.29 is 8.42 Å². The average molecular weight is 269 g/mol. The van der Waals surface area contributed by atoms with Crippen molar-refractivity contribution in [1.82, 2.24) is 14.6 Å². The van der Waals surface area contributed by atoms with Crippen molar-refractivity contribution in [1.29, 1.82) is 0 Å². The molecule has 1 aliphatic rings. The van der Waals surface area contributed by atoms with Gasteiger partial charge in [-0.15, -0.1) is 0 Å². The van der Waals surface area contributed by atoms with E-state index in [1.165, 1.54) is 4.31 Å². The Morgan fingerprint density at radius 1 is 1.44 bits per heavy atom. The Hall–Kier alpha value is -0.980. The maximum absolute atomic E-state index is 12.2. The Morgan fingerprint density at radius 3 is 2.67 bits per heavy atom. The molecule has 0 radical (unpaired) electrons. The fourth-order valence-electron chi connectivity index (χ4n) is 1.79. The Kier molecular flexibility index (Phi) is 3.99. The van der Waals surface area contributed by atoms with Gasteiger partial charge in [0, 0.05) is 26.3 Å². The summed E-state index contributed by atoms with van der Waals surface area (Å²) in [4.78, 5) is 4.05. The van der Waals surface area contributed by atoms with E-state index < -0.39 is 10.0 Å². The van der Waals surface area contributed by atoms with Gasteiger partial charge >= 0.3 is 0 Å². The number of nitrogens with one attached hydrogen (secondary N) is 1. The third-order valence-electron chi connectivity index (χ3n) is 3.07. The predicted octanol–water partition coefficient (Wildman–Crippen LogP) is 0.831. The molecule has 1 heterocycles. The lowest BCUT2D eigenvalue weighted by molar-refractivity contribution is 0.450. The van der Waals surface area contributed by atoms with E-state index in [1.54, 1.807) is 25.4 Å². The van der Waals surface area contributed by atoms with Crippen LogP contribution in [0.5, 0.6) is 0 Å². The van der Waals surface area contributed by atoms with Crippen molar-refractivity contribution in [3.63, 3.8) is 0 Å². The zero-order valence-electron chi connectivity index (χ0n) is 10.8. The van der Waals surface area contributed by atoms with Gasteiger partial charge in [-0.1, -0.05) is 6.07 Å². The molecule has 0 bridgehead atoms. The van der Waals surface area contributed by atoms with Crippen LogP contribution < -0.4 is 5.32 Å². The first-order valence-electron chi connectivity index (χ1n) is 6.10. The number of hydrogen-bond acceptors (Lipinski definition) is 4. The molecule has 1 saturated carbocycles. The predicted molar refractivity (Wildman–Crippen MR) is 69.5 cm³/mol. The molecular weight excluding hydrogens is 250 g/mol. The molecule has 0 unspecified atom stereocenters. The number of pyridine rings is 1. The largest absolute Gasteiger partial charge is 0.316 e. The lowest BCUT2D eigenvalue weighted by Gasteiger charge is -2.16. The van der Waals surface area contributed by atoms with Crippen LogP contribution in [0.25, 0.3) is 0 Å². The van der Waals surface area contributed by atoms with Gasteiger partial charge < -0.3 is 5.32 Å². The molecule has 100 valence electrons. The standard InChI is InChI=1S/C12H19N3O2S/c1-13-7-11-5-6-12(14-8-11)18(16,17)15(2)9-10-3-4-10/h5-6,8,10,13H,3-4,7,9H2,1-2H3. The van der Waals surface area contributed by atoms with Crippen LogP contribution in [-0.2, 0) is 16.6 Å². The zero-order valence-corrected chi connectivity index (χ0v) is 11.6. The molecule has 1 N–H and O–H groups in total. The quantitative estimate of drug-likeness (QED) is 0.831.